The molecule has 1 heterocycles. The lowest BCUT2D eigenvalue weighted by atomic mass is 9.66. The fourth-order valence-electron chi connectivity index (χ4n) is 5.03. The predicted molar refractivity (Wildman–Crippen MR) is 78.0 cm³/mol. The fraction of sp³-hybridized carbons (Fsp3) is 1.00. The first-order chi connectivity index (χ1) is 9.19. The lowest BCUT2D eigenvalue weighted by molar-refractivity contribution is -0.126. The van der Waals surface area contributed by atoms with Gasteiger partial charge in [0.15, 0.2) is 0 Å². The van der Waals surface area contributed by atoms with Gasteiger partial charge in [-0.2, -0.15) is 0 Å². The summed E-state index contributed by atoms with van der Waals surface area (Å²) in [6, 6.07) is 0.644. The van der Waals surface area contributed by atoms with Crippen molar-refractivity contribution in [2.24, 2.45) is 17.6 Å². The van der Waals surface area contributed by atoms with Gasteiger partial charge in [-0.1, -0.05) is 26.7 Å². The number of hydrogen-bond acceptors (Lipinski definition) is 3. The van der Waals surface area contributed by atoms with E-state index in [1.165, 1.54) is 38.5 Å². The molecule has 2 N–H and O–H groups in total. The van der Waals surface area contributed by atoms with Crippen LogP contribution in [0.3, 0.4) is 0 Å². The molecule has 3 rings (SSSR count). The van der Waals surface area contributed by atoms with Crippen LogP contribution in [0.25, 0.3) is 0 Å². The Morgan fingerprint density at radius 3 is 2.84 bits per heavy atom. The molecule has 5 unspecified atom stereocenters. The summed E-state index contributed by atoms with van der Waals surface area (Å²) in [5.41, 5.74) is 6.57. The van der Waals surface area contributed by atoms with E-state index in [-0.39, 0.29) is 5.54 Å². The van der Waals surface area contributed by atoms with E-state index in [9.17, 15) is 0 Å². The molecule has 5 atom stereocenters. The molecular formula is C16H30N2O. The Morgan fingerprint density at radius 1 is 1.21 bits per heavy atom. The number of ether oxygens (including phenoxy) is 1. The van der Waals surface area contributed by atoms with Crippen molar-refractivity contribution < 1.29 is 4.74 Å². The molecule has 1 saturated heterocycles. The highest BCUT2D eigenvalue weighted by Gasteiger charge is 2.50. The van der Waals surface area contributed by atoms with Crippen molar-refractivity contribution in [2.45, 2.75) is 70.1 Å². The number of rotatable bonds is 2. The van der Waals surface area contributed by atoms with Crippen LogP contribution < -0.4 is 5.73 Å². The first-order valence-corrected chi connectivity index (χ1v) is 8.27. The van der Waals surface area contributed by atoms with E-state index in [0.717, 1.165) is 25.6 Å². The summed E-state index contributed by atoms with van der Waals surface area (Å²) >= 11 is 0. The molecule has 0 spiro atoms. The smallest absolute Gasteiger partial charge is 0.0731 e. The van der Waals surface area contributed by atoms with E-state index < -0.39 is 0 Å². The Kier molecular flexibility index (Phi) is 3.89. The van der Waals surface area contributed by atoms with E-state index in [1.54, 1.807) is 0 Å². The Hall–Kier alpha value is -0.120. The minimum atomic E-state index is 0.245. The number of morpholine rings is 1. The SMILES string of the molecule is CC1CCCC(CN)(N2CCOC3CCCC32)C1C. The highest BCUT2D eigenvalue weighted by atomic mass is 16.5. The van der Waals surface area contributed by atoms with Gasteiger partial charge in [0.1, 0.15) is 0 Å². The minimum absolute atomic E-state index is 0.245. The zero-order chi connectivity index (χ0) is 13.5. The van der Waals surface area contributed by atoms with E-state index in [0.29, 0.717) is 18.1 Å². The van der Waals surface area contributed by atoms with Gasteiger partial charge in [-0.25, -0.2) is 0 Å². The zero-order valence-corrected chi connectivity index (χ0v) is 12.6. The molecule has 2 aliphatic carbocycles. The van der Waals surface area contributed by atoms with Gasteiger partial charge in [0.25, 0.3) is 0 Å². The van der Waals surface area contributed by atoms with Crippen molar-refractivity contribution in [1.82, 2.24) is 4.90 Å². The van der Waals surface area contributed by atoms with Gasteiger partial charge in [-0.3, -0.25) is 4.90 Å². The second-order valence-electron chi connectivity index (χ2n) is 7.07. The summed E-state index contributed by atoms with van der Waals surface area (Å²) in [4.78, 5) is 2.79. The summed E-state index contributed by atoms with van der Waals surface area (Å²) in [5.74, 6) is 1.52. The third-order valence-corrected chi connectivity index (χ3v) is 6.38. The second kappa shape index (κ2) is 5.34. The summed E-state index contributed by atoms with van der Waals surface area (Å²) in [5, 5.41) is 0. The molecule has 19 heavy (non-hydrogen) atoms. The highest BCUT2D eigenvalue weighted by molar-refractivity contribution is 5.05. The third kappa shape index (κ3) is 2.14. The first-order valence-electron chi connectivity index (χ1n) is 8.27. The van der Waals surface area contributed by atoms with Gasteiger partial charge < -0.3 is 10.5 Å². The van der Waals surface area contributed by atoms with Crippen LogP contribution in [0, 0.1) is 11.8 Å². The maximum Gasteiger partial charge on any atom is 0.0731 e. The van der Waals surface area contributed by atoms with Crippen LogP contribution in [0.15, 0.2) is 0 Å². The molecule has 0 aromatic heterocycles. The Bertz CT molecular complexity index is 322. The minimum Gasteiger partial charge on any atom is -0.375 e. The van der Waals surface area contributed by atoms with Gasteiger partial charge in [-0.05, 0) is 37.5 Å². The molecule has 0 bridgehead atoms. The van der Waals surface area contributed by atoms with Crippen molar-refractivity contribution >= 4 is 0 Å². The quantitative estimate of drug-likeness (QED) is 0.834. The van der Waals surface area contributed by atoms with Crippen molar-refractivity contribution in [3.8, 4) is 0 Å². The second-order valence-corrected chi connectivity index (χ2v) is 7.07. The largest absolute Gasteiger partial charge is 0.375 e. The molecular weight excluding hydrogens is 236 g/mol. The molecule has 3 fully saturated rings. The average Bonchev–Trinajstić information content (AvgIpc) is 2.90. The number of fused-ring (bicyclic) bond motifs is 1. The highest BCUT2D eigenvalue weighted by Crippen LogP contribution is 2.45. The number of nitrogens with two attached hydrogens (primary N) is 1. The summed E-state index contributed by atoms with van der Waals surface area (Å²) in [6.07, 6.45) is 8.40. The Balaban J connectivity index is 1.87. The number of hydrogen-bond donors (Lipinski definition) is 1. The topological polar surface area (TPSA) is 38.5 Å². The van der Waals surface area contributed by atoms with Crippen molar-refractivity contribution in [3.05, 3.63) is 0 Å². The van der Waals surface area contributed by atoms with Gasteiger partial charge in [0, 0.05) is 24.7 Å². The van der Waals surface area contributed by atoms with Crippen LogP contribution in [0.1, 0.15) is 52.4 Å². The maximum atomic E-state index is 6.32. The van der Waals surface area contributed by atoms with E-state index in [1.807, 2.05) is 0 Å². The van der Waals surface area contributed by atoms with E-state index in [4.69, 9.17) is 10.5 Å². The summed E-state index contributed by atoms with van der Waals surface area (Å²) in [6.45, 7) is 7.68. The van der Waals surface area contributed by atoms with Crippen LogP contribution in [0.4, 0.5) is 0 Å². The van der Waals surface area contributed by atoms with E-state index in [2.05, 4.69) is 18.7 Å². The van der Waals surface area contributed by atoms with Crippen LogP contribution in [-0.2, 0) is 4.74 Å². The monoisotopic (exact) mass is 266 g/mol. The van der Waals surface area contributed by atoms with Crippen molar-refractivity contribution in [1.29, 1.82) is 0 Å². The molecule has 0 aromatic carbocycles. The van der Waals surface area contributed by atoms with Crippen LogP contribution in [0.2, 0.25) is 0 Å². The van der Waals surface area contributed by atoms with Gasteiger partial charge in [0.05, 0.1) is 12.7 Å². The first kappa shape index (κ1) is 13.8. The average molecular weight is 266 g/mol. The molecule has 110 valence electrons. The number of nitrogens with zero attached hydrogens (tertiary/aromatic N) is 1. The maximum absolute atomic E-state index is 6.32. The molecule has 3 aliphatic rings. The molecule has 1 aliphatic heterocycles. The molecule has 2 saturated carbocycles. The Labute approximate surface area is 117 Å². The van der Waals surface area contributed by atoms with Crippen LogP contribution in [0.5, 0.6) is 0 Å². The summed E-state index contributed by atoms with van der Waals surface area (Å²) < 4.78 is 5.99. The standard InChI is InChI=1S/C16H30N2O/c1-12-5-4-8-16(11-17,13(12)2)18-9-10-19-15-7-3-6-14(15)18/h12-15H,3-11,17H2,1-2H3. The van der Waals surface area contributed by atoms with Crippen molar-refractivity contribution in [3.63, 3.8) is 0 Å². The lowest BCUT2D eigenvalue weighted by Crippen LogP contribution is -2.67. The third-order valence-electron chi connectivity index (χ3n) is 6.38. The molecule has 0 aromatic rings. The zero-order valence-electron chi connectivity index (χ0n) is 12.6. The molecule has 0 amide bonds. The normalized spacial score (nSPS) is 48.2. The predicted octanol–water partition coefficient (Wildman–Crippen LogP) is 2.39. The molecule has 3 heteroatoms. The fourth-order valence-corrected chi connectivity index (χ4v) is 5.03. The summed E-state index contributed by atoms with van der Waals surface area (Å²) in [7, 11) is 0. The molecule has 0 radical (unpaired) electrons. The van der Waals surface area contributed by atoms with Crippen LogP contribution >= 0.6 is 0 Å². The van der Waals surface area contributed by atoms with Gasteiger partial charge in [-0.15, -0.1) is 0 Å². The van der Waals surface area contributed by atoms with Gasteiger partial charge in [0.2, 0.25) is 0 Å². The lowest BCUT2D eigenvalue weighted by Gasteiger charge is -2.56. The van der Waals surface area contributed by atoms with Gasteiger partial charge >= 0.3 is 0 Å². The van der Waals surface area contributed by atoms with Crippen LogP contribution in [-0.4, -0.2) is 42.3 Å². The Morgan fingerprint density at radius 2 is 2.05 bits per heavy atom. The van der Waals surface area contributed by atoms with Crippen molar-refractivity contribution in [2.75, 3.05) is 19.7 Å². The van der Waals surface area contributed by atoms with E-state index >= 15 is 0 Å². The molecule has 3 nitrogen and oxygen atoms in total.